The lowest BCUT2D eigenvalue weighted by Crippen LogP contribution is -2.49. The van der Waals surface area contributed by atoms with Crippen molar-refractivity contribution in [3.05, 3.63) is 70.8 Å². The van der Waals surface area contributed by atoms with Crippen LogP contribution in [0, 0.1) is 13.8 Å². The molecule has 2 fully saturated rings. The summed E-state index contributed by atoms with van der Waals surface area (Å²) in [4.78, 5) is 43.0. The number of piperidine rings is 1. The van der Waals surface area contributed by atoms with E-state index in [1.54, 1.807) is 0 Å². The van der Waals surface area contributed by atoms with Crippen LogP contribution in [0.15, 0.2) is 48.5 Å². The first kappa shape index (κ1) is 23.0. The minimum atomic E-state index is -1.36. The number of benzene rings is 2. The van der Waals surface area contributed by atoms with Gasteiger partial charge < -0.3 is 15.5 Å². The first-order valence-corrected chi connectivity index (χ1v) is 11.6. The zero-order valence-electron chi connectivity index (χ0n) is 19.6. The van der Waals surface area contributed by atoms with Crippen molar-refractivity contribution in [1.82, 2.24) is 20.4 Å². The smallest absolute Gasteiger partial charge is 0.326 e. The molecule has 0 saturated carbocycles. The second kappa shape index (κ2) is 9.35. The molecule has 1 atom stereocenters. The quantitative estimate of drug-likeness (QED) is 0.666. The molecule has 174 valence electrons. The van der Waals surface area contributed by atoms with E-state index in [9.17, 15) is 14.4 Å². The topological polar surface area (TPSA) is 81.8 Å². The van der Waals surface area contributed by atoms with Crippen molar-refractivity contribution in [3.63, 3.8) is 0 Å². The summed E-state index contributed by atoms with van der Waals surface area (Å²) in [5.74, 6) is -0.740. The Morgan fingerprint density at radius 1 is 1.03 bits per heavy atom. The first-order chi connectivity index (χ1) is 15.8. The summed E-state index contributed by atoms with van der Waals surface area (Å²) >= 11 is 0. The van der Waals surface area contributed by atoms with Gasteiger partial charge in [0.1, 0.15) is 6.54 Å². The second-order valence-corrected chi connectivity index (χ2v) is 9.01. The highest BCUT2D eigenvalue weighted by atomic mass is 16.2. The molecule has 0 aromatic heterocycles. The van der Waals surface area contributed by atoms with E-state index in [0.29, 0.717) is 11.1 Å². The number of carbonyl (C=O) groups excluding carboxylic acids is 3. The lowest BCUT2D eigenvalue weighted by molar-refractivity contribution is -0.134. The zero-order valence-corrected chi connectivity index (χ0v) is 19.6. The van der Waals surface area contributed by atoms with Crippen molar-refractivity contribution in [2.45, 2.75) is 45.2 Å². The molecule has 2 aromatic rings. The van der Waals surface area contributed by atoms with Crippen LogP contribution in [0.2, 0.25) is 0 Å². The summed E-state index contributed by atoms with van der Waals surface area (Å²) in [5, 5.41) is 5.94. The van der Waals surface area contributed by atoms with Crippen LogP contribution in [0.4, 0.5) is 4.79 Å². The van der Waals surface area contributed by atoms with Crippen LogP contribution in [0.5, 0.6) is 0 Å². The lowest BCUT2D eigenvalue weighted by atomic mass is 9.81. The van der Waals surface area contributed by atoms with Crippen molar-refractivity contribution in [2.24, 2.45) is 0 Å². The standard InChI is InChI=1S/C26H32N4O3/c1-4-29-14-12-22(13-15-29)27-23(31)17-30-24(32)26(28-25(30)33,20-8-6-5-7-9-20)21-11-10-18(2)19(3)16-21/h5-11,16,22H,4,12-15,17H2,1-3H3,(H,27,31)(H,28,33). The van der Waals surface area contributed by atoms with E-state index in [2.05, 4.69) is 22.5 Å². The average molecular weight is 449 g/mol. The lowest BCUT2D eigenvalue weighted by Gasteiger charge is -2.31. The van der Waals surface area contributed by atoms with E-state index >= 15 is 0 Å². The second-order valence-electron chi connectivity index (χ2n) is 9.01. The largest absolute Gasteiger partial charge is 0.352 e. The summed E-state index contributed by atoms with van der Waals surface area (Å²) in [7, 11) is 0. The van der Waals surface area contributed by atoms with Crippen LogP contribution in [-0.4, -0.2) is 59.9 Å². The van der Waals surface area contributed by atoms with Crippen LogP contribution in [0.1, 0.15) is 42.0 Å². The molecule has 1 unspecified atom stereocenters. The Kier molecular flexibility index (Phi) is 6.51. The Bertz CT molecular complexity index is 1050. The summed E-state index contributed by atoms with van der Waals surface area (Å²) in [6.07, 6.45) is 1.74. The van der Waals surface area contributed by atoms with Gasteiger partial charge in [-0.05, 0) is 55.5 Å². The van der Waals surface area contributed by atoms with Gasteiger partial charge in [0.15, 0.2) is 5.54 Å². The fourth-order valence-electron chi connectivity index (χ4n) is 4.75. The molecule has 7 heteroatoms. The molecule has 4 rings (SSSR count). The number of carbonyl (C=O) groups is 3. The predicted molar refractivity (Wildman–Crippen MR) is 127 cm³/mol. The summed E-state index contributed by atoms with van der Waals surface area (Å²) in [5.41, 5.74) is 2.12. The minimum Gasteiger partial charge on any atom is -0.352 e. The zero-order chi connectivity index (χ0) is 23.6. The maximum atomic E-state index is 13.8. The Morgan fingerprint density at radius 2 is 1.73 bits per heavy atom. The van der Waals surface area contributed by atoms with E-state index < -0.39 is 17.5 Å². The summed E-state index contributed by atoms with van der Waals surface area (Å²) in [6.45, 7) is 8.70. The number of hydrogen-bond acceptors (Lipinski definition) is 4. The normalized spacial score (nSPS) is 21.8. The van der Waals surface area contributed by atoms with Crippen LogP contribution < -0.4 is 10.6 Å². The highest BCUT2D eigenvalue weighted by Crippen LogP contribution is 2.36. The Hall–Kier alpha value is -3.19. The number of aryl methyl sites for hydroxylation is 2. The number of nitrogens with one attached hydrogen (secondary N) is 2. The van der Waals surface area contributed by atoms with Crippen molar-refractivity contribution in [3.8, 4) is 0 Å². The number of likely N-dealkylation sites (tertiary alicyclic amines) is 1. The third-order valence-electron chi connectivity index (χ3n) is 6.95. The van der Waals surface area contributed by atoms with Crippen LogP contribution in [0.3, 0.4) is 0 Å². The van der Waals surface area contributed by atoms with Crippen LogP contribution in [0.25, 0.3) is 0 Å². The fourth-order valence-corrected chi connectivity index (χ4v) is 4.75. The molecule has 2 aliphatic heterocycles. The van der Waals surface area contributed by atoms with E-state index in [1.165, 1.54) is 0 Å². The van der Waals surface area contributed by atoms with Gasteiger partial charge in [0.2, 0.25) is 5.91 Å². The SMILES string of the molecule is CCN1CCC(NC(=O)CN2C(=O)NC(c3ccccc3)(c3ccc(C)c(C)c3)C2=O)CC1. The monoisotopic (exact) mass is 448 g/mol. The molecule has 7 nitrogen and oxygen atoms in total. The third-order valence-corrected chi connectivity index (χ3v) is 6.95. The van der Waals surface area contributed by atoms with Gasteiger partial charge in [-0.3, -0.25) is 14.5 Å². The predicted octanol–water partition coefficient (Wildman–Crippen LogP) is 2.70. The number of amides is 4. The Labute approximate surface area is 195 Å². The molecule has 4 amide bonds. The van der Waals surface area contributed by atoms with Gasteiger partial charge in [-0.2, -0.15) is 0 Å². The number of nitrogens with zero attached hydrogens (tertiary/aromatic N) is 2. The van der Waals surface area contributed by atoms with Crippen molar-refractivity contribution < 1.29 is 14.4 Å². The molecule has 2 aliphatic rings. The number of imide groups is 1. The van der Waals surface area contributed by atoms with Crippen LogP contribution >= 0.6 is 0 Å². The highest BCUT2D eigenvalue weighted by Gasteiger charge is 2.54. The minimum absolute atomic E-state index is 0.0692. The molecule has 0 radical (unpaired) electrons. The van der Waals surface area contributed by atoms with Gasteiger partial charge >= 0.3 is 6.03 Å². The number of urea groups is 1. The van der Waals surface area contributed by atoms with Gasteiger partial charge in [-0.15, -0.1) is 0 Å². The molecule has 0 bridgehead atoms. The van der Waals surface area contributed by atoms with Gasteiger partial charge in [-0.25, -0.2) is 4.79 Å². The van der Waals surface area contributed by atoms with Gasteiger partial charge in [0, 0.05) is 19.1 Å². The molecule has 0 aliphatic carbocycles. The molecule has 0 spiro atoms. The molecular weight excluding hydrogens is 416 g/mol. The van der Waals surface area contributed by atoms with Crippen LogP contribution in [-0.2, 0) is 15.1 Å². The maximum absolute atomic E-state index is 13.8. The third kappa shape index (κ3) is 4.37. The summed E-state index contributed by atoms with van der Waals surface area (Å²) in [6, 6.07) is 14.5. The molecule has 2 N–H and O–H groups in total. The molecule has 2 aromatic carbocycles. The van der Waals surface area contributed by atoms with Gasteiger partial charge in [0.25, 0.3) is 5.91 Å². The number of rotatable bonds is 6. The molecule has 2 heterocycles. The van der Waals surface area contributed by atoms with Crippen molar-refractivity contribution in [2.75, 3.05) is 26.2 Å². The first-order valence-electron chi connectivity index (χ1n) is 11.6. The van der Waals surface area contributed by atoms with E-state index in [0.717, 1.165) is 48.5 Å². The van der Waals surface area contributed by atoms with Crippen molar-refractivity contribution >= 4 is 17.8 Å². The Balaban J connectivity index is 1.58. The average Bonchev–Trinajstić information content (AvgIpc) is 3.07. The molecular formula is C26H32N4O3. The summed E-state index contributed by atoms with van der Waals surface area (Å²) < 4.78 is 0. The van der Waals surface area contributed by atoms with E-state index in [4.69, 9.17) is 0 Å². The van der Waals surface area contributed by atoms with Crippen molar-refractivity contribution in [1.29, 1.82) is 0 Å². The van der Waals surface area contributed by atoms with Gasteiger partial charge in [-0.1, -0.05) is 55.5 Å². The van der Waals surface area contributed by atoms with E-state index in [-0.39, 0.29) is 18.5 Å². The number of hydrogen-bond donors (Lipinski definition) is 2. The molecule has 33 heavy (non-hydrogen) atoms. The fraction of sp³-hybridized carbons (Fsp3) is 0.423. The maximum Gasteiger partial charge on any atom is 0.326 e. The van der Waals surface area contributed by atoms with E-state index in [1.807, 2.05) is 62.4 Å². The highest BCUT2D eigenvalue weighted by molar-refractivity contribution is 6.11. The molecule has 2 saturated heterocycles. The Morgan fingerprint density at radius 3 is 2.36 bits per heavy atom. The van der Waals surface area contributed by atoms with Gasteiger partial charge in [0.05, 0.1) is 0 Å².